The minimum atomic E-state index is 0.273. The van der Waals surface area contributed by atoms with Crippen molar-refractivity contribution in [3.8, 4) is 0 Å². The highest BCUT2D eigenvalue weighted by atomic mass is 15.3. The quantitative estimate of drug-likeness (QED) is 0.857. The maximum Gasteiger partial charge on any atom is 0.225 e. The van der Waals surface area contributed by atoms with Crippen molar-refractivity contribution in [3.63, 3.8) is 0 Å². The van der Waals surface area contributed by atoms with Crippen LogP contribution in [0.15, 0.2) is 30.7 Å². The lowest BCUT2D eigenvalue weighted by atomic mass is 10.1. The SMILES string of the molecule is Nc1ccnc(NC2CCCN(c3ncccn3)C2)n1. The van der Waals surface area contributed by atoms with Crippen molar-refractivity contribution in [1.29, 1.82) is 0 Å². The maximum absolute atomic E-state index is 5.66. The summed E-state index contributed by atoms with van der Waals surface area (Å²) in [5, 5.41) is 3.32. The standard InChI is InChI=1S/C13H17N7/c14-11-4-7-15-12(19-11)18-10-3-1-8-20(9-10)13-16-5-2-6-17-13/h2,4-7,10H,1,3,8-9H2,(H3,14,15,18,19). The highest BCUT2D eigenvalue weighted by Crippen LogP contribution is 2.17. The highest BCUT2D eigenvalue weighted by molar-refractivity contribution is 5.37. The van der Waals surface area contributed by atoms with Gasteiger partial charge in [-0.25, -0.2) is 15.0 Å². The summed E-state index contributed by atoms with van der Waals surface area (Å²) in [7, 11) is 0. The molecule has 1 aliphatic heterocycles. The van der Waals surface area contributed by atoms with Crippen molar-refractivity contribution in [1.82, 2.24) is 19.9 Å². The van der Waals surface area contributed by atoms with Gasteiger partial charge in [-0.15, -0.1) is 0 Å². The molecule has 7 nitrogen and oxygen atoms in total. The summed E-state index contributed by atoms with van der Waals surface area (Å²) in [6.07, 6.45) is 7.34. The predicted molar refractivity (Wildman–Crippen MR) is 77.3 cm³/mol. The number of nitrogens with zero attached hydrogens (tertiary/aromatic N) is 5. The van der Waals surface area contributed by atoms with Crippen molar-refractivity contribution in [2.45, 2.75) is 18.9 Å². The molecule has 0 saturated carbocycles. The van der Waals surface area contributed by atoms with E-state index in [2.05, 4.69) is 30.2 Å². The number of hydrogen-bond donors (Lipinski definition) is 2. The number of piperidine rings is 1. The van der Waals surface area contributed by atoms with Crippen LogP contribution in [-0.2, 0) is 0 Å². The Kier molecular flexibility index (Phi) is 3.58. The summed E-state index contributed by atoms with van der Waals surface area (Å²) < 4.78 is 0. The van der Waals surface area contributed by atoms with Gasteiger partial charge >= 0.3 is 0 Å². The van der Waals surface area contributed by atoms with Crippen LogP contribution in [-0.4, -0.2) is 39.1 Å². The summed E-state index contributed by atoms with van der Waals surface area (Å²) in [6.45, 7) is 1.81. The molecule has 1 unspecified atom stereocenters. The summed E-state index contributed by atoms with van der Waals surface area (Å²) in [4.78, 5) is 19.1. The first-order valence-corrected chi connectivity index (χ1v) is 6.68. The molecule has 2 aromatic heterocycles. The summed E-state index contributed by atoms with van der Waals surface area (Å²) in [5.74, 6) is 1.82. The van der Waals surface area contributed by atoms with E-state index in [-0.39, 0.29) is 6.04 Å². The van der Waals surface area contributed by atoms with Gasteiger partial charge in [0.05, 0.1) is 0 Å². The number of aromatic nitrogens is 4. The summed E-state index contributed by atoms with van der Waals surface area (Å²) >= 11 is 0. The smallest absolute Gasteiger partial charge is 0.225 e. The summed E-state index contributed by atoms with van der Waals surface area (Å²) in [6, 6.07) is 3.77. The molecule has 0 spiro atoms. The first kappa shape index (κ1) is 12.6. The van der Waals surface area contributed by atoms with E-state index < -0.39 is 0 Å². The average Bonchev–Trinajstić information content (AvgIpc) is 2.48. The molecular weight excluding hydrogens is 254 g/mol. The third-order valence-corrected chi connectivity index (χ3v) is 3.27. The van der Waals surface area contributed by atoms with Crippen molar-refractivity contribution in [3.05, 3.63) is 30.7 Å². The van der Waals surface area contributed by atoms with Gasteiger partial charge in [0.15, 0.2) is 0 Å². The molecule has 3 heterocycles. The molecule has 3 rings (SSSR count). The van der Waals surface area contributed by atoms with E-state index in [1.54, 1.807) is 24.7 Å². The van der Waals surface area contributed by atoms with E-state index in [1.807, 2.05) is 6.07 Å². The molecule has 20 heavy (non-hydrogen) atoms. The number of nitrogens with one attached hydrogen (secondary N) is 1. The Morgan fingerprint density at radius 3 is 2.85 bits per heavy atom. The van der Waals surface area contributed by atoms with Crippen molar-refractivity contribution in [2.75, 3.05) is 29.0 Å². The molecule has 0 aromatic carbocycles. The van der Waals surface area contributed by atoms with Crippen LogP contribution in [0.5, 0.6) is 0 Å². The maximum atomic E-state index is 5.66. The number of anilines is 3. The van der Waals surface area contributed by atoms with E-state index in [9.17, 15) is 0 Å². The van der Waals surface area contributed by atoms with Crippen LogP contribution >= 0.6 is 0 Å². The molecule has 104 valence electrons. The van der Waals surface area contributed by atoms with Gasteiger partial charge in [0.25, 0.3) is 0 Å². The third kappa shape index (κ3) is 2.93. The second-order valence-corrected chi connectivity index (χ2v) is 4.78. The van der Waals surface area contributed by atoms with Crippen molar-refractivity contribution < 1.29 is 0 Å². The average molecular weight is 271 g/mol. The van der Waals surface area contributed by atoms with Gasteiger partial charge in [-0.3, -0.25) is 0 Å². The largest absolute Gasteiger partial charge is 0.384 e. The highest BCUT2D eigenvalue weighted by Gasteiger charge is 2.22. The monoisotopic (exact) mass is 271 g/mol. The van der Waals surface area contributed by atoms with Crippen LogP contribution in [0.2, 0.25) is 0 Å². The zero-order valence-electron chi connectivity index (χ0n) is 11.1. The van der Waals surface area contributed by atoms with Gasteiger partial charge in [0.2, 0.25) is 11.9 Å². The van der Waals surface area contributed by atoms with Crippen LogP contribution in [0.4, 0.5) is 17.7 Å². The van der Waals surface area contributed by atoms with Crippen molar-refractivity contribution >= 4 is 17.7 Å². The Balaban J connectivity index is 1.66. The molecular formula is C13H17N7. The van der Waals surface area contributed by atoms with E-state index in [4.69, 9.17) is 5.73 Å². The Hall–Kier alpha value is -2.44. The second-order valence-electron chi connectivity index (χ2n) is 4.78. The van der Waals surface area contributed by atoms with Crippen LogP contribution < -0.4 is 16.0 Å². The van der Waals surface area contributed by atoms with Gasteiger partial charge in [-0.2, -0.15) is 4.98 Å². The minimum absolute atomic E-state index is 0.273. The molecule has 7 heteroatoms. The molecule has 3 N–H and O–H groups in total. The Labute approximate surface area is 117 Å². The molecule has 2 aromatic rings. The van der Waals surface area contributed by atoms with Crippen molar-refractivity contribution in [2.24, 2.45) is 0 Å². The van der Waals surface area contributed by atoms with E-state index >= 15 is 0 Å². The number of rotatable bonds is 3. The van der Waals surface area contributed by atoms with E-state index in [0.29, 0.717) is 11.8 Å². The second kappa shape index (κ2) is 5.68. The lowest BCUT2D eigenvalue weighted by Gasteiger charge is -2.33. The van der Waals surface area contributed by atoms with Gasteiger partial charge in [0.1, 0.15) is 5.82 Å². The molecule has 0 aliphatic carbocycles. The van der Waals surface area contributed by atoms with Gasteiger partial charge in [0, 0.05) is 37.7 Å². The molecule has 0 bridgehead atoms. The van der Waals surface area contributed by atoms with Crippen LogP contribution in [0.25, 0.3) is 0 Å². The van der Waals surface area contributed by atoms with Gasteiger partial charge in [-0.05, 0) is 25.0 Å². The Bertz CT molecular complexity index is 560. The molecule has 1 saturated heterocycles. The zero-order valence-corrected chi connectivity index (χ0v) is 11.1. The predicted octanol–water partition coefficient (Wildman–Crippen LogP) is 0.930. The lowest BCUT2D eigenvalue weighted by Crippen LogP contribution is -2.43. The topological polar surface area (TPSA) is 92.8 Å². The molecule has 1 aliphatic rings. The van der Waals surface area contributed by atoms with Gasteiger partial charge in [-0.1, -0.05) is 0 Å². The first-order chi connectivity index (χ1) is 9.81. The lowest BCUT2D eigenvalue weighted by molar-refractivity contribution is 0.520. The molecule has 0 amide bonds. The first-order valence-electron chi connectivity index (χ1n) is 6.68. The van der Waals surface area contributed by atoms with Crippen LogP contribution in [0, 0.1) is 0 Å². The number of hydrogen-bond acceptors (Lipinski definition) is 7. The Morgan fingerprint density at radius 1 is 1.20 bits per heavy atom. The fourth-order valence-electron chi connectivity index (χ4n) is 2.36. The molecule has 1 atom stereocenters. The zero-order chi connectivity index (χ0) is 13.8. The normalized spacial score (nSPS) is 18.8. The Morgan fingerprint density at radius 2 is 2.05 bits per heavy atom. The van der Waals surface area contributed by atoms with Crippen LogP contribution in [0.3, 0.4) is 0 Å². The molecule has 1 fully saturated rings. The van der Waals surface area contributed by atoms with E-state index in [0.717, 1.165) is 31.9 Å². The minimum Gasteiger partial charge on any atom is -0.384 e. The molecule has 0 radical (unpaired) electrons. The van der Waals surface area contributed by atoms with Crippen LogP contribution in [0.1, 0.15) is 12.8 Å². The van der Waals surface area contributed by atoms with Gasteiger partial charge < -0.3 is 16.0 Å². The summed E-state index contributed by atoms with van der Waals surface area (Å²) in [5.41, 5.74) is 5.66. The fourth-order valence-corrected chi connectivity index (χ4v) is 2.36. The van der Waals surface area contributed by atoms with E-state index in [1.165, 1.54) is 0 Å². The third-order valence-electron chi connectivity index (χ3n) is 3.27. The number of nitrogen functional groups attached to an aromatic ring is 1. The fraction of sp³-hybridized carbons (Fsp3) is 0.385. The number of nitrogens with two attached hydrogens (primary N) is 1.